The van der Waals surface area contributed by atoms with Crippen LogP contribution in [0.2, 0.25) is 0 Å². The van der Waals surface area contributed by atoms with Crippen molar-refractivity contribution in [2.75, 3.05) is 32.7 Å². The summed E-state index contributed by atoms with van der Waals surface area (Å²) in [5, 5.41) is 0. The lowest BCUT2D eigenvalue weighted by Gasteiger charge is -2.39. The fourth-order valence-electron chi connectivity index (χ4n) is 4.70. The van der Waals surface area contributed by atoms with Gasteiger partial charge in [0.1, 0.15) is 0 Å². The molecule has 2 aromatic rings. The number of benzene rings is 1. The molecule has 0 N–H and O–H groups in total. The Morgan fingerprint density at radius 1 is 1.10 bits per heavy atom. The standard InChI is InChI=1S/C24H33N3O3/c1-18-15-26(16-19(2)29-18)17-20-10-12-27(13-11-20)24(28)9-8-23-25-14-22(30-23)21-6-4-3-5-7-21/h3-7,14,18-20H,8-13,15-17H2,1-2H3. The highest BCUT2D eigenvalue weighted by Crippen LogP contribution is 2.23. The predicted octanol–water partition coefficient (Wildman–Crippen LogP) is 3.62. The normalized spacial score (nSPS) is 23.6. The number of hydrogen-bond donors (Lipinski definition) is 0. The van der Waals surface area contributed by atoms with Gasteiger partial charge < -0.3 is 14.1 Å². The lowest BCUT2D eigenvalue weighted by molar-refractivity contribution is -0.132. The van der Waals surface area contributed by atoms with Crippen LogP contribution in [-0.4, -0.2) is 65.6 Å². The smallest absolute Gasteiger partial charge is 0.223 e. The fraction of sp³-hybridized carbons (Fsp3) is 0.583. The van der Waals surface area contributed by atoms with Crippen LogP contribution < -0.4 is 0 Å². The minimum Gasteiger partial charge on any atom is -0.441 e. The first-order chi connectivity index (χ1) is 14.6. The van der Waals surface area contributed by atoms with Crippen molar-refractivity contribution in [3.8, 4) is 11.3 Å². The third-order valence-electron chi connectivity index (χ3n) is 6.14. The number of morpholine rings is 1. The van der Waals surface area contributed by atoms with Crippen LogP contribution in [0.1, 0.15) is 39.0 Å². The molecule has 2 saturated heterocycles. The SMILES string of the molecule is CC1CN(CC2CCN(C(=O)CCc3ncc(-c4ccccc4)o3)CC2)CC(C)O1. The lowest BCUT2D eigenvalue weighted by Crippen LogP contribution is -2.48. The number of aryl methyl sites for hydroxylation is 1. The molecule has 0 radical (unpaired) electrons. The Balaban J connectivity index is 1.20. The van der Waals surface area contributed by atoms with Crippen LogP contribution in [0.25, 0.3) is 11.3 Å². The molecule has 2 atom stereocenters. The molecule has 1 aromatic heterocycles. The lowest BCUT2D eigenvalue weighted by atomic mass is 9.95. The third kappa shape index (κ3) is 5.49. The molecule has 4 rings (SSSR count). The van der Waals surface area contributed by atoms with Crippen LogP contribution >= 0.6 is 0 Å². The van der Waals surface area contributed by atoms with Gasteiger partial charge in [-0.25, -0.2) is 4.98 Å². The van der Waals surface area contributed by atoms with E-state index in [9.17, 15) is 4.79 Å². The van der Waals surface area contributed by atoms with Crippen LogP contribution in [-0.2, 0) is 16.0 Å². The molecule has 6 heteroatoms. The van der Waals surface area contributed by atoms with Crippen LogP contribution in [0.15, 0.2) is 40.9 Å². The van der Waals surface area contributed by atoms with Gasteiger partial charge in [0, 0.05) is 51.1 Å². The molecule has 0 aliphatic carbocycles. The molecule has 30 heavy (non-hydrogen) atoms. The molecule has 3 heterocycles. The van der Waals surface area contributed by atoms with E-state index in [-0.39, 0.29) is 5.91 Å². The molecular formula is C24H33N3O3. The van der Waals surface area contributed by atoms with Gasteiger partial charge in [-0.2, -0.15) is 0 Å². The molecule has 0 bridgehead atoms. The maximum Gasteiger partial charge on any atom is 0.223 e. The van der Waals surface area contributed by atoms with Crippen LogP contribution in [0.5, 0.6) is 0 Å². The molecule has 1 aromatic carbocycles. The van der Waals surface area contributed by atoms with Gasteiger partial charge in [0.15, 0.2) is 11.7 Å². The first kappa shape index (κ1) is 21.1. The monoisotopic (exact) mass is 411 g/mol. The van der Waals surface area contributed by atoms with E-state index >= 15 is 0 Å². The van der Waals surface area contributed by atoms with Crippen molar-refractivity contribution in [3.05, 3.63) is 42.4 Å². The molecule has 0 saturated carbocycles. The highest BCUT2D eigenvalue weighted by Gasteiger charge is 2.28. The quantitative estimate of drug-likeness (QED) is 0.727. The molecule has 6 nitrogen and oxygen atoms in total. The Bertz CT molecular complexity index is 804. The van der Waals surface area contributed by atoms with E-state index in [1.807, 2.05) is 35.2 Å². The molecule has 2 aliphatic rings. The summed E-state index contributed by atoms with van der Waals surface area (Å²) in [5.74, 6) is 2.27. The highest BCUT2D eigenvalue weighted by atomic mass is 16.5. The van der Waals surface area contributed by atoms with Gasteiger partial charge in [-0.3, -0.25) is 9.69 Å². The predicted molar refractivity (Wildman–Crippen MR) is 116 cm³/mol. The van der Waals surface area contributed by atoms with E-state index < -0.39 is 0 Å². The number of carbonyl (C=O) groups excluding carboxylic acids is 1. The van der Waals surface area contributed by atoms with Gasteiger partial charge in [0.25, 0.3) is 0 Å². The maximum absolute atomic E-state index is 12.7. The molecule has 0 spiro atoms. The van der Waals surface area contributed by atoms with Gasteiger partial charge >= 0.3 is 0 Å². The Labute approximate surface area is 179 Å². The van der Waals surface area contributed by atoms with E-state index in [1.165, 1.54) is 0 Å². The zero-order valence-electron chi connectivity index (χ0n) is 18.1. The number of piperidine rings is 1. The first-order valence-corrected chi connectivity index (χ1v) is 11.2. The number of hydrogen-bond acceptors (Lipinski definition) is 5. The minimum atomic E-state index is 0.210. The Morgan fingerprint density at radius 3 is 2.50 bits per heavy atom. The number of likely N-dealkylation sites (tertiary alicyclic amines) is 1. The number of carbonyl (C=O) groups is 1. The highest BCUT2D eigenvalue weighted by molar-refractivity contribution is 5.76. The van der Waals surface area contributed by atoms with E-state index in [0.29, 0.717) is 36.9 Å². The molecule has 2 fully saturated rings. The van der Waals surface area contributed by atoms with Crippen LogP contribution in [0.3, 0.4) is 0 Å². The van der Waals surface area contributed by atoms with E-state index in [2.05, 4.69) is 23.7 Å². The van der Waals surface area contributed by atoms with Crippen molar-refractivity contribution in [2.45, 2.75) is 51.7 Å². The summed E-state index contributed by atoms with van der Waals surface area (Å²) in [6.07, 6.45) is 5.55. The summed E-state index contributed by atoms with van der Waals surface area (Å²) in [5.41, 5.74) is 1.01. The maximum atomic E-state index is 12.7. The number of ether oxygens (including phenoxy) is 1. The first-order valence-electron chi connectivity index (χ1n) is 11.2. The van der Waals surface area contributed by atoms with Crippen molar-refractivity contribution in [3.63, 3.8) is 0 Å². The summed E-state index contributed by atoms with van der Waals surface area (Å²) >= 11 is 0. The zero-order valence-corrected chi connectivity index (χ0v) is 18.1. The van der Waals surface area contributed by atoms with Crippen LogP contribution in [0.4, 0.5) is 0 Å². The number of oxazole rings is 1. The summed E-state index contributed by atoms with van der Waals surface area (Å²) in [4.78, 5) is 21.6. The average molecular weight is 412 g/mol. The van der Waals surface area contributed by atoms with Crippen molar-refractivity contribution in [2.24, 2.45) is 5.92 Å². The van der Waals surface area contributed by atoms with Gasteiger partial charge in [-0.1, -0.05) is 30.3 Å². The van der Waals surface area contributed by atoms with Gasteiger partial charge in [0.2, 0.25) is 5.91 Å². The van der Waals surface area contributed by atoms with Crippen molar-refractivity contribution in [1.82, 2.24) is 14.8 Å². The van der Waals surface area contributed by atoms with E-state index in [0.717, 1.165) is 56.9 Å². The summed E-state index contributed by atoms with van der Waals surface area (Å²) < 4.78 is 11.7. The Hall–Kier alpha value is -2.18. The minimum absolute atomic E-state index is 0.210. The molecule has 2 unspecified atom stereocenters. The molecular weight excluding hydrogens is 378 g/mol. The molecule has 162 valence electrons. The van der Waals surface area contributed by atoms with Crippen LogP contribution in [0, 0.1) is 5.92 Å². The second-order valence-electron chi connectivity index (χ2n) is 8.78. The molecule has 2 aliphatic heterocycles. The van der Waals surface area contributed by atoms with Gasteiger partial charge in [-0.15, -0.1) is 0 Å². The average Bonchev–Trinajstić information content (AvgIpc) is 3.22. The Morgan fingerprint density at radius 2 is 1.80 bits per heavy atom. The number of nitrogens with zero attached hydrogens (tertiary/aromatic N) is 3. The number of aromatic nitrogens is 1. The van der Waals surface area contributed by atoms with E-state index in [1.54, 1.807) is 6.20 Å². The second-order valence-corrected chi connectivity index (χ2v) is 8.78. The summed E-state index contributed by atoms with van der Waals surface area (Å²) in [7, 11) is 0. The fourth-order valence-corrected chi connectivity index (χ4v) is 4.70. The van der Waals surface area contributed by atoms with Gasteiger partial charge in [-0.05, 0) is 32.6 Å². The molecule has 1 amide bonds. The third-order valence-corrected chi connectivity index (χ3v) is 6.14. The second kappa shape index (κ2) is 9.75. The zero-order chi connectivity index (χ0) is 20.9. The van der Waals surface area contributed by atoms with Crippen molar-refractivity contribution >= 4 is 5.91 Å². The van der Waals surface area contributed by atoms with Crippen molar-refractivity contribution in [1.29, 1.82) is 0 Å². The van der Waals surface area contributed by atoms with E-state index in [4.69, 9.17) is 9.15 Å². The summed E-state index contributed by atoms with van der Waals surface area (Å²) in [6, 6.07) is 9.93. The Kier molecular flexibility index (Phi) is 6.85. The number of amides is 1. The topological polar surface area (TPSA) is 58.8 Å². The van der Waals surface area contributed by atoms with Gasteiger partial charge in [0.05, 0.1) is 18.4 Å². The van der Waals surface area contributed by atoms with Crippen molar-refractivity contribution < 1.29 is 13.9 Å². The summed E-state index contributed by atoms with van der Waals surface area (Å²) in [6.45, 7) is 9.19. The largest absolute Gasteiger partial charge is 0.441 e. The number of rotatable bonds is 6.